The zero-order valence-corrected chi connectivity index (χ0v) is 14.9. The van der Waals surface area contributed by atoms with Crippen molar-refractivity contribution >= 4 is 50.0 Å². The number of piperidine rings is 1. The second kappa shape index (κ2) is 7.42. The molecule has 1 saturated heterocycles. The van der Waals surface area contributed by atoms with Gasteiger partial charge < -0.3 is 5.32 Å². The first-order chi connectivity index (χ1) is 8.90. The maximum absolute atomic E-state index is 12.3. The molecule has 0 aromatic heterocycles. The molecule has 2 atom stereocenters. The zero-order valence-electron chi connectivity index (χ0n) is 10.9. The summed E-state index contributed by atoms with van der Waals surface area (Å²) in [6.45, 7) is 3.68. The fourth-order valence-corrected chi connectivity index (χ4v) is 4.56. The fourth-order valence-electron chi connectivity index (χ4n) is 2.15. The molecule has 1 aliphatic rings. The Bertz CT molecular complexity index is 569. The van der Waals surface area contributed by atoms with Crippen LogP contribution in [0.2, 0.25) is 5.02 Å². The number of benzene rings is 1. The molecule has 8 heteroatoms. The molecule has 1 fully saturated rings. The van der Waals surface area contributed by atoms with E-state index in [1.165, 1.54) is 6.07 Å². The minimum Gasteiger partial charge on any atom is -0.316 e. The smallest absolute Gasteiger partial charge is 0.242 e. The van der Waals surface area contributed by atoms with Gasteiger partial charge in [0.1, 0.15) is 4.90 Å². The van der Waals surface area contributed by atoms with Crippen molar-refractivity contribution in [3.05, 3.63) is 27.7 Å². The first-order valence-corrected chi connectivity index (χ1v) is 8.73. The van der Waals surface area contributed by atoms with Crippen LogP contribution in [0.4, 0.5) is 0 Å². The summed E-state index contributed by atoms with van der Waals surface area (Å²) in [5, 5.41) is 3.47. The Morgan fingerprint density at radius 2 is 2.15 bits per heavy atom. The third-order valence-corrected chi connectivity index (χ3v) is 5.74. The lowest BCUT2D eigenvalue weighted by Gasteiger charge is -2.30. The molecule has 0 aliphatic carbocycles. The first-order valence-electron chi connectivity index (χ1n) is 6.08. The lowest BCUT2D eigenvalue weighted by atomic mass is 9.97. The normalized spacial score (nSPS) is 23.1. The summed E-state index contributed by atoms with van der Waals surface area (Å²) in [5.74, 6) is 0.262. The maximum Gasteiger partial charge on any atom is 0.242 e. The molecule has 0 spiro atoms. The van der Waals surface area contributed by atoms with Gasteiger partial charge in [-0.05, 0) is 43.6 Å². The molecule has 20 heavy (non-hydrogen) atoms. The quantitative estimate of drug-likeness (QED) is 0.815. The standard InChI is InChI=1S/C12H16BrClN2O2S.ClH/c1-8-7-15-5-4-11(8)16-19(17,18)12-3-2-9(13)6-10(12)14;/h2-3,6,8,11,15-16H,4-5,7H2,1H3;1H. The van der Waals surface area contributed by atoms with E-state index in [1.54, 1.807) is 12.1 Å². The van der Waals surface area contributed by atoms with Gasteiger partial charge >= 0.3 is 0 Å². The van der Waals surface area contributed by atoms with Gasteiger partial charge in [0, 0.05) is 10.5 Å². The minimum atomic E-state index is -3.57. The lowest BCUT2D eigenvalue weighted by molar-refractivity contribution is 0.328. The average Bonchev–Trinajstić information content (AvgIpc) is 2.31. The summed E-state index contributed by atoms with van der Waals surface area (Å²) in [4.78, 5) is 0.128. The molecule has 0 bridgehead atoms. The van der Waals surface area contributed by atoms with E-state index in [0.717, 1.165) is 24.0 Å². The van der Waals surface area contributed by atoms with Crippen LogP contribution in [0, 0.1) is 5.92 Å². The molecule has 2 unspecified atom stereocenters. The molecule has 0 radical (unpaired) electrons. The van der Waals surface area contributed by atoms with Crippen molar-refractivity contribution in [3.63, 3.8) is 0 Å². The number of rotatable bonds is 3. The predicted octanol–water partition coefficient (Wildman–Crippen LogP) is 2.80. The van der Waals surface area contributed by atoms with Gasteiger partial charge in [0.05, 0.1) is 5.02 Å². The predicted molar refractivity (Wildman–Crippen MR) is 87.2 cm³/mol. The van der Waals surface area contributed by atoms with Gasteiger partial charge in [-0.3, -0.25) is 0 Å². The van der Waals surface area contributed by atoms with Crippen LogP contribution in [0.1, 0.15) is 13.3 Å². The second-order valence-electron chi connectivity index (χ2n) is 4.77. The largest absolute Gasteiger partial charge is 0.316 e. The van der Waals surface area contributed by atoms with Gasteiger partial charge in [0.2, 0.25) is 10.0 Å². The van der Waals surface area contributed by atoms with Crippen molar-refractivity contribution in [2.24, 2.45) is 5.92 Å². The Kier molecular flexibility index (Phi) is 6.76. The maximum atomic E-state index is 12.3. The van der Waals surface area contributed by atoms with Crippen LogP contribution in [0.15, 0.2) is 27.6 Å². The third-order valence-electron chi connectivity index (χ3n) is 3.28. The van der Waals surface area contributed by atoms with Crippen LogP contribution < -0.4 is 10.0 Å². The molecule has 1 aliphatic heterocycles. The van der Waals surface area contributed by atoms with E-state index in [1.807, 2.05) is 6.92 Å². The van der Waals surface area contributed by atoms with Crippen LogP contribution >= 0.6 is 39.9 Å². The Morgan fingerprint density at radius 3 is 2.75 bits per heavy atom. The van der Waals surface area contributed by atoms with E-state index >= 15 is 0 Å². The summed E-state index contributed by atoms with van der Waals surface area (Å²) >= 11 is 9.27. The van der Waals surface area contributed by atoms with Crippen molar-refractivity contribution in [2.75, 3.05) is 13.1 Å². The van der Waals surface area contributed by atoms with Gasteiger partial charge in [0.15, 0.2) is 0 Å². The van der Waals surface area contributed by atoms with Crippen LogP contribution in [-0.4, -0.2) is 27.5 Å². The molecule has 1 aromatic rings. The summed E-state index contributed by atoms with van der Waals surface area (Å²) in [5.41, 5.74) is 0. The molecule has 114 valence electrons. The minimum absolute atomic E-state index is 0. The Morgan fingerprint density at radius 1 is 1.45 bits per heavy atom. The number of sulfonamides is 1. The van der Waals surface area contributed by atoms with E-state index in [0.29, 0.717) is 0 Å². The third kappa shape index (κ3) is 4.32. The summed E-state index contributed by atoms with van der Waals surface area (Å²) < 4.78 is 28.2. The van der Waals surface area contributed by atoms with Crippen LogP contribution in [0.3, 0.4) is 0 Å². The van der Waals surface area contributed by atoms with E-state index in [2.05, 4.69) is 26.0 Å². The van der Waals surface area contributed by atoms with E-state index in [9.17, 15) is 8.42 Å². The highest BCUT2D eigenvalue weighted by atomic mass is 79.9. The van der Waals surface area contributed by atoms with Gasteiger partial charge in [0.25, 0.3) is 0 Å². The molecule has 2 rings (SSSR count). The monoisotopic (exact) mass is 402 g/mol. The van der Waals surface area contributed by atoms with Gasteiger partial charge in [-0.15, -0.1) is 12.4 Å². The summed E-state index contributed by atoms with van der Waals surface area (Å²) in [7, 11) is -3.57. The van der Waals surface area contributed by atoms with Gasteiger partial charge in [-0.2, -0.15) is 0 Å². The molecule has 4 nitrogen and oxygen atoms in total. The Hall–Kier alpha value is 0.150. The average molecular weight is 404 g/mol. The highest BCUT2D eigenvalue weighted by molar-refractivity contribution is 9.10. The number of hydrogen-bond donors (Lipinski definition) is 2. The van der Waals surface area contributed by atoms with Crippen molar-refractivity contribution < 1.29 is 8.42 Å². The topological polar surface area (TPSA) is 58.2 Å². The number of nitrogens with one attached hydrogen (secondary N) is 2. The van der Waals surface area contributed by atoms with Crippen molar-refractivity contribution in [1.29, 1.82) is 0 Å². The zero-order chi connectivity index (χ0) is 14.0. The first kappa shape index (κ1) is 18.2. The fraction of sp³-hybridized carbons (Fsp3) is 0.500. The van der Waals surface area contributed by atoms with E-state index < -0.39 is 10.0 Å². The van der Waals surface area contributed by atoms with Crippen molar-refractivity contribution in [3.8, 4) is 0 Å². The molecule has 0 saturated carbocycles. The Labute approximate surface area is 139 Å². The van der Waals surface area contributed by atoms with Crippen LogP contribution in [0.5, 0.6) is 0 Å². The van der Waals surface area contributed by atoms with E-state index in [4.69, 9.17) is 11.6 Å². The molecule has 0 amide bonds. The number of hydrogen-bond acceptors (Lipinski definition) is 3. The highest BCUT2D eigenvalue weighted by Gasteiger charge is 2.27. The molecular weight excluding hydrogens is 387 g/mol. The lowest BCUT2D eigenvalue weighted by Crippen LogP contribution is -2.48. The Balaban J connectivity index is 0.00000200. The van der Waals surface area contributed by atoms with Gasteiger partial charge in [-0.1, -0.05) is 34.5 Å². The van der Waals surface area contributed by atoms with Crippen molar-refractivity contribution in [2.45, 2.75) is 24.3 Å². The molecule has 2 N–H and O–H groups in total. The molecular formula is C12H17BrCl2N2O2S. The number of halogens is 3. The second-order valence-corrected chi connectivity index (χ2v) is 7.78. The van der Waals surface area contributed by atoms with Crippen molar-refractivity contribution in [1.82, 2.24) is 10.0 Å². The van der Waals surface area contributed by atoms with Crippen LogP contribution in [-0.2, 0) is 10.0 Å². The molecule has 1 heterocycles. The van der Waals surface area contributed by atoms with Crippen LogP contribution in [0.25, 0.3) is 0 Å². The SMILES string of the molecule is CC1CNCCC1NS(=O)(=O)c1ccc(Br)cc1Cl.Cl. The summed E-state index contributed by atoms with van der Waals surface area (Å²) in [6, 6.07) is 4.72. The molecule has 1 aromatic carbocycles. The van der Waals surface area contributed by atoms with E-state index in [-0.39, 0.29) is 34.3 Å². The van der Waals surface area contributed by atoms with Gasteiger partial charge in [-0.25, -0.2) is 13.1 Å². The highest BCUT2D eigenvalue weighted by Crippen LogP contribution is 2.26. The summed E-state index contributed by atoms with van der Waals surface area (Å²) in [6.07, 6.45) is 0.786.